The van der Waals surface area contributed by atoms with Crippen LogP contribution in [0.15, 0.2) is 49.1 Å². The maximum atomic E-state index is 15.0. The number of hydrogen-bond acceptors (Lipinski definition) is 5. The lowest BCUT2D eigenvalue weighted by molar-refractivity contribution is 0.0944. The maximum Gasteiger partial charge on any atom is 0.272 e. The summed E-state index contributed by atoms with van der Waals surface area (Å²) in [6.07, 6.45) is 8.23. The van der Waals surface area contributed by atoms with E-state index in [2.05, 4.69) is 30.5 Å². The molecule has 5 heterocycles. The SMILES string of the molecule is Cn1cc(-c2cc3c(-c4ccc(CNC(=O)c5cc6n(n5)CCCC6)c(F)c4)ncnc3[nH]2)cn1. The monoisotopic (exact) mass is 470 g/mol. The van der Waals surface area contributed by atoms with Gasteiger partial charge in [0.25, 0.3) is 5.91 Å². The average Bonchev–Trinajstić information content (AvgIpc) is 3.60. The minimum Gasteiger partial charge on any atom is -0.346 e. The maximum absolute atomic E-state index is 15.0. The fraction of sp³-hybridized carbons (Fsp3) is 0.240. The van der Waals surface area contributed by atoms with Gasteiger partial charge >= 0.3 is 0 Å². The molecule has 1 amide bonds. The van der Waals surface area contributed by atoms with E-state index < -0.39 is 5.82 Å². The molecule has 5 aromatic rings. The number of H-pyrrole nitrogens is 1. The molecule has 0 saturated heterocycles. The first-order chi connectivity index (χ1) is 17.0. The summed E-state index contributed by atoms with van der Waals surface area (Å²) in [6, 6.07) is 8.68. The third kappa shape index (κ3) is 3.96. The highest BCUT2D eigenvalue weighted by Gasteiger charge is 2.18. The van der Waals surface area contributed by atoms with E-state index >= 15 is 4.39 Å². The number of carbonyl (C=O) groups is 1. The number of hydrogen-bond donors (Lipinski definition) is 2. The fourth-order valence-electron chi connectivity index (χ4n) is 4.52. The number of fused-ring (bicyclic) bond motifs is 2. The summed E-state index contributed by atoms with van der Waals surface area (Å²) in [5.74, 6) is -0.718. The van der Waals surface area contributed by atoms with E-state index in [1.165, 1.54) is 12.4 Å². The zero-order valence-corrected chi connectivity index (χ0v) is 19.1. The lowest BCUT2D eigenvalue weighted by atomic mass is 10.1. The van der Waals surface area contributed by atoms with Crippen molar-refractivity contribution in [3.63, 3.8) is 0 Å². The molecule has 0 radical (unpaired) electrons. The van der Waals surface area contributed by atoms with Gasteiger partial charge < -0.3 is 10.3 Å². The van der Waals surface area contributed by atoms with Gasteiger partial charge in [0.05, 0.1) is 17.6 Å². The third-order valence-electron chi connectivity index (χ3n) is 6.36. The number of nitrogens with zero attached hydrogens (tertiary/aromatic N) is 6. The number of halogens is 1. The van der Waals surface area contributed by atoms with E-state index in [1.807, 2.05) is 30.1 Å². The summed E-state index contributed by atoms with van der Waals surface area (Å²) in [4.78, 5) is 24.6. The Bertz CT molecular complexity index is 1540. The summed E-state index contributed by atoms with van der Waals surface area (Å²) in [7, 11) is 1.85. The number of nitrogens with one attached hydrogen (secondary N) is 2. The van der Waals surface area contributed by atoms with Crippen molar-refractivity contribution in [2.45, 2.75) is 32.4 Å². The smallest absolute Gasteiger partial charge is 0.272 e. The molecule has 4 aromatic heterocycles. The number of amides is 1. The predicted octanol–water partition coefficient (Wildman–Crippen LogP) is 3.63. The van der Waals surface area contributed by atoms with E-state index in [4.69, 9.17) is 0 Å². The zero-order chi connectivity index (χ0) is 23.9. The van der Waals surface area contributed by atoms with Crippen LogP contribution in [0.4, 0.5) is 4.39 Å². The highest BCUT2D eigenvalue weighted by Crippen LogP contribution is 2.30. The van der Waals surface area contributed by atoms with Gasteiger partial charge in [0.1, 0.15) is 23.5 Å². The molecule has 10 heteroatoms. The molecule has 176 valence electrons. The van der Waals surface area contributed by atoms with Crippen molar-refractivity contribution in [2.24, 2.45) is 7.05 Å². The van der Waals surface area contributed by atoms with Crippen LogP contribution < -0.4 is 5.32 Å². The fourth-order valence-corrected chi connectivity index (χ4v) is 4.52. The summed E-state index contributed by atoms with van der Waals surface area (Å²) in [5.41, 5.74) is 5.53. The molecular weight excluding hydrogens is 447 g/mol. The van der Waals surface area contributed by atoms with Crippen LogP contribution in [0, 0.1) is 5.82 Å². The molecule has 0 fully saturated rings. The zero-order valence-electron chi connectivity index (χ0n) is 19.1. The second kappa shape index (κ2) is 8.46. The van der Waals surface area contributed by atoms with Gasteiger partial charge in [-0.05, 0) is 37.5 Å². The van der Waals surface area contributed by atoms with Gasteiger partial charge in [-0.2, -0.15) is 10.2 Å². The Morgan fingerprint density at radius 1 is 1.17 bits per heavy atom. The number of carbonyl (C=O) groups excluding carboxylic acids is 1. The molecule has 0 saturated carbocycles. The first-order valence-corrected chi connectivity index (χ1v) is 11.5. The summed E-state index contributed by atoms with van der Waals surface area (Å²) in [5, 5.41) is 12.2. The summed E-state index contributed by atoms with van der Waals surface area (Å²) < 4.78 is 18.6. The van der Waals surface area contributed by atoms with Crippen LogP contribution >= 0.6 is 0 Å². The largest absolute Gasteiger partial charge is 0.346 e. The van der Waals surface area contributed by atoms with Crippen molar-refractivity contribution in [3.05, 3.63) is 71.8 Å². The van der Waals surface area contributed by atoms with Gasteiger partial charge in [0, 0.05) is 54.1 Å². The Balaban J connectivity index is 1.22. The molecular formula is C25H23FN8O. The lowest BCUT2D eigenvalue weighted by Gasteiger charge is -2.11. The van der Waals surface area contributed by atoms with Crippen LogP contribution in [0.1, 0.15) is 34.6 Å². The van der Waals surface area contributed by atoms with Gasteiger partial charge in [-0.25, -0.2) is 14.4 Å². The lowest BCUT2D eigenvalue weighted by Crippen LogP contribution is -2.24. The molecule has 0 spiro atoms. The number of aryl methyl sites for hydroxylation is 3. The van der Waals surface area contributed by atoms with Crippen molar-refractivity contribution in [3.8, 4) is 22.5 Å². The van der Waals surface area contributed by atoms with Crippen LogP contribution in [-0.2, 0) is 26.6 Å². The van der Waals surface area contributed by atoms with Crippen LogP contribution in [0.25, 0.3) is 33.5 Å². The Morgan fingerprint density at radius 3 is 2.89 bits per heavy atom. The van der Waals surface area contributed by atoms with Crippen LogP contribution in [0.5, 0.6) is 0 Å². The van der Waals surface area contributed by atoms with E-state index in [9.17, 15) is 4.79 Å². The first-order valence-electron chi connectivity index (χ1n) is 11.5. The molecule has 35 heavy (non-hydrogen) atoms. The van der Waals surface area contributed by atoms with E-state index in [1.54, 1.807) is 23.0 Å². The highest BCUT2D eigenvalue weighted by molar-refractivity contribution is 5.94. The first kappa shape index (κ1) is 21.2. The third-order valence-corrected chi connectivity index (χ3v) is 6.36. The van der Waals surface area contributed by atoms with Gasteiger partial charge in [0.2, 0.25) is 0 Å². The summed E-state index contributed by atoms with van der Waals surface area (Å²) >= 11 is 0. The molecule has 0 atom stereocenters. The molecule has 9 nitrogen and oxygen atoms in total. The predicted molar refractivity (Wildman–Crippen MR) is 128 cm³/mol. The molecule has 0 unspecified atom stereocenters. The van der Waals surface area contributed by atoms with Gasteiger partial charge in [0.15, 0.2) is 0 Å². The van der Waals surface area contributed by atoms with Crippen molar-refractivity contribution in [2.75, 3.05) is 0 Å². The molecule has 0 aliphatic carbocycles. The Kier molecular flexibility index (Phi) is 5.13. The molecule has 0 bridgehead atoms. The Hall–Kier alpha value is -4.34. The van der Waals surface area contributed by atoms with Crippen LogP contribution in [-0.4, -0.2) is 40.4 Å². The van der Waals surface area contributed by atoms with E-state index in [0.29, 0.717) is 28.2 Å². The van der Waals surface area contributed by atoms with Crippen LogP contribution in [0.2, 0.25) is 0 Å². The highest BCUT2D eigenvalue weighted by atomic mass is 19.1. The molecule has 2 N–H and O–H groups in total. The van der Waals surface area contributed by atoms with Crippen molar-refractivity contribution < 1.29 is 9.18 Å². The normalized spacial score (nSPS) is 13.2. The van der Waals surface area contributed by atoms with Crippen LogP contribution in [0.3, 0.4) is 0 Å². The molecule has 1 aliphatic heterocycles. The second-order valence-electron chi connectivity index (χ2n) is 8.76. The van der Waals surface area contributed by atoms with Gasteiger partial charge in [-0.15, -0.1) is 0 Å². The quantitative estimate of drug-likeness (QED) is 0.408. The van der Waals surface area contributed by atoms with E-state index in [0.717, 1.165) is 48.1 Å². The Labute approximate surface area is 200 Å². The number of rotatable bonds is 5. The number of aromatic nitrogens is 7. The van der Waals surface area contributed by atoms with Gasteiger partial charge in [-0.3, -0.25) is 14.2 Å². The molecule has 1 aromatic carbocycles. The summed E-state index contributed by atoms with van der Waals surface area (Å²) in [6.45, 7) is 0.904. The minimum absolute atomic E-state index is 0.0711. The standard InChI is InChI=1S/C25H23FN8O/c1-33-13-17(12-30-33)21-10-19-23(28-14-29-24(19)31-21)15-5-6-16(20(26)8-15)11-27-25(35)22-9-18-4-2-3-7-34(18)32-22/h5-6,8-10,12-14H,2-4,7,11H2,1H3,(H,27,35)(H,28,29,31). The second-order valence-corrected chi connectivity index (χ2v) is 8.76. The Morgan fingerprint density at radius 2 is 2.09 bits per heavy atom. The van der Waals surface area contributed by atoms with Crippen molar-refractivity contribution >= 4 is 16.9 Å². The van der Waals surface area contributed by atoms with Gasteiger partial charge in [-0.1, -0.05) is 12.1 Å². The molecule has 6 rings (SSSR count). The molecule has 1 aliphatic rings. The van der Waals surface area contributed by atoms with E-state index in [-0.39, 0.29) is 12.5 Å². The van der Waals surface area contributed by atoms with Crippen molar-refractivity contribution in [1.29, 1.82) is 0 Å². The average molecular weight is 471 g/mol. The topological polar surface area (TPSA) is 106 Å². The number of aromatic amines is 1. The number of benzene rings is 1. The minimum atomic E-state index is -0.415. The van der Waals surface area contributed by atoms with Crippen molar-refractivity contribution in [1.82, 2.24) is 39.8 Å².